The molecule has 3 atom stereocenters. The molecule has 3 rings (SSSR count). The maximum atomic E-state index is 10.8. The Balaban J connectivity index is 1.77. The van der Waals surface area contributed by atoms with Crippen molar-refractivity contribution in [1.82, 2.24) is 4.90 Å². The van der Waals surface area contributed by atoms with Crippen molar-refractivity contribution in [2.45, 2.75) is 58.2 Å². The Morgan fingerprint density at radius 3 is 2.67 bits per heavy atom. The first-order valence-electron chi connectivity index (χ1n) is 9.10. The fourth-order valence-corrected chi connectivity index (χ4v) is 4.57. The summed E-state index contributed by atoms with van der Waals surface area (Å²) < 4.78 is 11.2. The van der Waals surface area contributed by atoms with E-state index in [9.17, 15) is 5.11 Å². The summed E-state index contributed by atoms with van der Waals surface area (Å²) in [6, 6.07) is 4.87. The number of rotatable bonds is 4. The molecule has 134 valence electrons. The second-order valence-corrected chi connectivity index (χ2v) is 7.73. The standard InChI is InChI=1S/C20H31NO3/c1-14-10-16(11-15(2)19(14)23-4)12-21-8-5-6-18(21)17-13-24-9-7-20(17,3)22/h10-11,17-18,22H,5-9,12-13H2,1-4H3/t17-,18+,20+/m0/s1. The molecule has 1 N–H and O–H groups in total. The number of hydrogen-bond donors (Lipinski definition) is 1. The molecule has 2 aliphatic rings. The highest BCUT2D eigenvalue weighted by molar-refractivity contribution is 5.43. The van der Waals surface area contributed by atoms with E-state index in [1.807, 2.05) is 6.92 Å². The van der Waals surface area contributed by atoms with E-state index >= 15 is 0 Å². The lowest BCUT2D eigenvalue weighted by Crippen LogP contribution is -2.52. The molecule has 1 aromatic rings. The summed E-state index contributed by atoms with van der Waals surface area (Å²) in [4.78, 5) is 2.54. The number of aryl methyl sites for hydroxylation is 2. The van der Waals surface area contributed by atoms with Gasteiger partial charge >= 0.3 is 0 Å². The lowest BCUT2D eigenvalue weighted by molar-refractivity contribution is -0.123. The molecular formula is C20H31NO3. The Kier molecular flexibility index (Phi) is 5.19. The van der Waals surface area contributed by atoms with Gasteiger partial charge < -0.3 is 14.6 Å². The van der Waals surface area contributed by atoms with E-state index in [-0.39, 0.29) is 5.92 Å². The topological polar surface area (TPSA) is 41.9 Å². The van der Waals surface area contributed by atoms with Crippen LogP contribution in [0.4, 0.5) is 0 Å². The van der Waals surface area contributed by atoms with E-state index in [4.69, 9.17) is 9.47 Å². The van der Waals surface area contributed by atoms with Crippen LogP contribution in [0.15, 0.2) is 12.1 Å². The number of methoxy groups -OCH3 is 1. The number of hydrogen-bond acceptors (Lipinski definition) is 4. The molecule has 0 bridgehead atoms. The highest BCUT2D eigenvalue weighted by Crippen LogP contribution is 2.37. The van der Waals surface area contributed by atoms with Gasteiger partial charge in [-0.3, -0.25) is 4.90 Å². The molecule has 24 heavy (non-hydrogen) atoms. The molecule has 0 spiro atoms. The molecule has 0 aliphatic carbocycles. The summed E-state index contributed by atoms with van der Waals surface area (Å²) in [5.74, 6) is 1.19. The zero-order chi connectivity index (χ0) is 17.3. The van der Waals surface area contributed by atoms with Crippen LogP contribution in [0.25, 0.3) is 0 Å². The second-order valence-electron chi connectivity index (χ2n) is 7.73. The zero-order valence-electron chi connectivity index (χ0n) is 15.5. The number of nitrogens with zero attached hydrogens (tertiary/aromatic N) is 1. The Morgan fingerprint density at radius 2 is 2.04 bits per heavy atom. The van der Waals surface area contributed by atoms with E-state index in [2.05, 4.69) is 30.9 Å². The smallest absolute Gasteiger partial charge is 0.124 e. The van der Waals surface area contributed by atoms with Gasteiger partial charge in [-0.25, -0.2) is 0 Å². The van der Waals surface area contributed by atoms with Crippen LogP contribution in [0.1, 0.15) is 42.9 Å². The van der Waals surface area contributed by atoms with Gasteiger partial charge in [0.25, 0.3) is 0 Å². The monoisotopic (exact) mass is 333 g/mol. The summed E-state index contributed by atoms with van der Waals surface area (Å²) in [5.41, 5.74) is 3.10. The van der Waals surface area contributed by atoms with Gasteiger partial charge in [0.1, 0.15) is 5.75 Å². The maximum Gasteiger partial charge on any atom is 0.124 e. The predicted octanol–water partition coefficient (Wildman–Crippen LogP) is 3.06. The quantitative estimate of drug-likeness (QED) is 0.919. The van der Waals surface area contributed by atoms with Gasteiger partial charge in [-0.2, -0.15) is 0 Å². The highest BCUT2D eigenvalue weighted by atomic mass is 16.5. The molecule has 4 heteroatoms. The van der Waals surface area contributed by atoms with Gasteiger partial charge in [0.05, 0.1) is 19.3 Å². The summed E-state index contributed by atoms with van der Waals surface area (Å²) in [6.07, 6.45) is 3.09. The lowest BCUT2D eigenvalue weighted by atomic mass is 9.79. The molecule has 2 saturated heterocycles. The van der Waals surface area contributed by atoms with Gasteiger partial charge in [-0.05, 0) is 63.3 Å². The molecule has 2 aliphatic heterocycles. The Bertz CT molecular complexity index is 561. The minimum Gasteiger partial charge on any atom is -0.496 e. The fraction of sp³-hybridized carbons (Fsp3) is 0.700. The van der Waals surface area contributed by atoms with E-state index in [0.717, 1.165) is 31.7 Å². The van der Waals surface area contributed by atoms with Crippen molar-refractivity contribution in [2.24, 2.45) is 5.92 Å². The normalized spacial score (nSPS) is 31.4. The number of benzene rings is 1. The summed E-state index contributed by atoms with van der Waals surface area (Å²) >= 11 is 0. The Hall–Kier alpha value is -1.10. The van der Waals surface area contributed by atoms with Gasteiger partial charge in [0.15, 0.2) is 0 Å². The summed E-state index contributed by atoms with van der Waals surface area (Å²) in [5, 5.41) is 10.8. The first-order chi connectivity index (χ1) is 11.4. The zero-order valence-corrected chi connectivity index (χ0v) is 15.5. The molecular weight excluding hydrogens is 302 g/mol. The molecule has 0 aromatic heterocycles. The molecule has 0 unspecified atom stereocenters. The van der Waals surface area contributed by atoms with E-state index in [1.54, 1.807) is 7.11 Å². The summed E-state index contributed by atoms with van der Waals surface area (Å²) in [6.45, 7) is 9.58. The number of aliphatic hydroxyl groups is 1. The van der Waals surface area contributed by atoms with Gasteiger partial charge in [0.2, 0.25) is 0 Å². The number of ether oxygens (including phenoxy) is 2. The van der Waals surface area contributed by atoms with Crippen LogP contribution in [0, 0.1) is 19.8 Å². The minimum absolute atomic E-state index is 0.203. The van der Waals surface area contributed by atoms with E-state index in [0.29, 0.717) is 19.3 Å². The Labute approximate surface area is 145 Å². The first kappa shape index (κ1) is 17.7. The predicted molar refractivity (Wildman–Crippen MR) is 95.4 cm³/mol. The second kappa shape index (κ2) is 7.03. The maximum absolute atomic E-state index is 10.8. The van der Waals surface area contributed by atoms with Crippen molar-refractivity contribution >= 4 is 0 Å². The van der Waals surface area contributed by atoms with Gasteiger partial charge in [-0.1, -0.05) is 12.1 Å². The van der Waals surface area contributed by atoms with Crippen LogP contribution in [0.2, 0.25) is 0 Å². The summed E-state index contributed by atoms with van der Waals surface area (Å²) in [7, 11) is 1.73. The average Bonchev–Trinajstić information content (AvgIpc) is 2.94. The van der Waals surface area contributed by atoms with Crippen LogP contribution in [-0.4, -0.2) is 48.5 Å². The van der Waals surface area contributed by atoms with Crippen molar-refractivity contribution in [3.05, 3.63) is 28.8 Å². The van der Waals surface area contributed by atoms with E-state index < -0.39 is 5.60 Å². The van der Waals surface area contributed by atoms with Crippen LogP contribution in [-0.2, 0) is 11.3 Å². The van der Waals surface area contributed by atoms with Crippen molar-refractivity contribution in [3.63, 3.8) is 0 Å². The van der Waals surface area contributed by atoms with Crippen LogP contribution < -0.4 is 4.74 Å². The highest BCUT2D eigenvalue weighted by Gasteiger charge is 2.43. The lowest BCUT2D eigenvalue weighted by Gasteiger charge is -2.43. The Morgan fingerprint density at radius 1 is 1.33 bits per heavy atom. The minimum atomic E-state index is -0.614. The molecule has 0 saturated carbocycles. The molecule has 0 amide bonds. The SMILES string of the molecule is COc1c(C)cc(CN2CCC[C@@H]2[C@@H]2COCC[C@@]2(C)O)cc1C. The fourth-order valence-electron chi connectivity index (χ4n) is 4.57. The van der Waals surface area contributed by atoms with Crippen molar-refractivity contribution in [2.75, 3.05) is 26.9 Å². The first-order valence-corrected chi connectivity index (χ1v) is 9.10. The van der Waals surface area contributed by atoms with E-state index in [1.165, 1.54) is 23.1 Å². The van der Waals surface area contributed by atoms with Crippen molar-refractivity contribution in [3.8, 4) is 5.75 Å². The average molecular weight is 333 g/mol. The molecule has 2 heterocycles. The molecule has 0 radical (unpaired) electrons. The van der Waals surface area contributed by atoms with Crippen molar-refractivity contribution in [1.29, 1.82) is 0 Å². The third kappa shape index (κ3) is 3.46. The molecule has 1 aromatic carbocycles. The van der Waals surface area contributed by atoms with Crippen LogP contribution >= 0.6 is 0 Å². The van der Waals surface area contributed by atoms with Crippen LogP contribution in [0.3, 0.4) is 0 Å². The molecule has 2 fully saturated rings. The van der Waals surface area contributed by atoms with Gasteiger partial charge in [0, 0.05) is 25.1 Å². The molecule has 4 nitrogen and oxygen atoms in total. The number of likely N-dealkylation sites (tertiary alicyclic amines) is 1. The third-order valence-electron chi connectivity index (χ3n) is 5.84. The van der Waals surface area contributed by atoms with Crippen LogP contribution in [0.5, 0.6) is 5.75 Å². The largest absolute Gasteiger partial charge is 0.496 e. The van der Waals surface area contributed by atoms with Crippen molar-refractivity contribution < 1.29 is 14.6 Å². The third-order valence-corrected chi connectivity index (χ3v) is 5.84. The van der Waals surface area contributed by atoms with Gasteiger partial charge in [-0.15, -0.1) is 0 Å².